The Kier molecular flexibility index (Phi) is 9.71. The Morgan fingerprint density at radius 3 is 2.34 bits per heavy atom. The van der Waals surface area contributed by atoms with Gasteiger partial charge in [0.2, 0.25) is 11.8 Å². The van der Waals surface area contributed by atoms with Crippen molar-refractivity contribution in [3.8, 4) is 0 Å². The van der Waals surface area contributed by atoms with E-state index in [0.717, 1.165) is 35.6 Å². The van der Waals surface area contributed by atoms with Gasteiger partial charge in [-0.1, -0.05) is 66.4 Å². The van der Waals surface area contributed by atoms with E-state index in [9.17, 15) is 22.4 Å². The summed E-state index contributed by atoms with van der Waals surface area (Å²) in [5.41, 5.74) is 1.92. The van der Waals surface area contributed by atoms with Crippen molar-refractivity contribution >= 4 is 39.1 Å². The third-order valence-electron chi connectivity index (χ3n) is 7.50. The number of sulfonamides is 1. The van der Waals surface area contributed by atoms with E-state index >= 15 is 0 Å². The summed E-state index contributed by atoms with van der Waals surface area (Å²) >= 11 is 6.26. The van der Waals surface area contributed by atoms with Crippen molar-refractivity contribution < 1.29 is 22.4 Å². The Labute approximate surface area is 246 Å². The van der Waals surface area contributed by atoms with Crippen molar-refractivity contribution in [2.45, 2.75) is 70.0 Å². The van der Waals surface area contributed by atoms with E-state index < -0.39 is 34.3 Å². The molecule has 1 saturated carbocycles. The summed E-state index contributed by atoms with van der Waals surface area (Å²) in [4.78, 5) is 28.6. The van der Waals surface area contributed by atoms with Crippen molar-refractivity contribution in [1.82, 2.24) is 10.2 Å². The highest BCUT2D eigenvalue weighted by atomic mass is 35.5. The first kappa shape index (κ1) is 30.5. The molecule has 0 radical (unpaired) electrons. The Morgan fingerprint density at radius 1 is 1.02 bits per heavy atom. The molecule has 0 heterocycles. The monoisotopic (exact) mass is 599 g/mol. The quantitative estimate of drug-likeness (QED) is 0.321. The van der Waals surface area contributed by atoms with E-state index in [1.165, 1.54) is 29.2 Å². The number of hydrogen-bond acceptors (Lipinski definition) is 4. The highest BCUT2D eigenvalue weighted by Gasteiger charge is 2.34. The predicted octanol–water partition coefficient (Wildman–Crippen LogP) is 5.77. The number of halogens is 2. The van der Waals surface area contributed by atoms with E-state index in [4.69, 9.17) is 11.6 Å². The van der Waals surface area contributed by atoms with Crippen LogP contribution in [0.4, 0.5) is 10.1 Å². The van der Waals surface area contributed by atoms with Crippen LogP contribution in [0.15, 0.2) is 71.6 Å². The van der Waals surface area contributed by atoms with Crippen LogP contribution < -0.4 is 9.62 Å². The highest BCUT2D eigenvalue weighted by Crippen LogP contribution is 2.30. The van der Waals surface area contributed by atoms with Crippen molar-refractivity contribution in [3.63, 3.8) is 0 Å². The lowest BCUT2D eigenvalue weighted by Crippen LogP contribution is -2.52. The van der Waals surface area contributed by atoms with E-state index in [1.54, 1.807) is 56.3 Å². The molecular weight excluding hydrogens is 565 g/mol. The second kappa shape index (κ2) is 13.0. The fraction of sp³-hybridized carbons (Fsp3) is 0.355. The highest BCUT2D eigenvalue weighted by molar-refractivity contribution is 7.92. The molecule has 1 atom stereocenters. The normalized spacial score (nSPS) is 14.5. The minimum absolute atomic E-state index is 0.00274. The first-order valence-corrected chi connectivity index (χ1v) is 15.5. The molecular formula is C31H35ClFN3O4S. The minimum Gasteiger partial charge on any atom is -0.352 e. The zero-order valence-electron chi connectivity index (χ0n) is 23.4. The molecule has 0 aliphatic heterocycles. The Bertz CT molecular complexity index is 1510. The summed E-state index contributed by atoms with van der Waals surface area (Å²) in [6.07, 6.45) is 3.75. The van der Waals surface area contributed by atoms with Gasteiger partial charge in [0.25, 0.3) is 10.0 Å². The molecule has 2 amide bonds. The van der Waals surface area contributed by atoms with Gasteiger partial charge >= 0.3 is 0 Å². The molecule has 0 saturated heterocycles. The van der Waals surface area contributed by atoms with Gasteiger partial charge in [0, 0.05) is 23.2 Å². The van der Waals surface area contributed by atoms with Gasteiger partial charge < -0.3 is 10.2 Å². The van der Waals surface area contributed by atoms with Crippen LogP contribution in [-0.2, 0) is 26.2 Å². The Morgan fingerprint density at radius 2 is 1.68 bits per heavy atom. The first-order chi connectivity index (χ1) is 19.5. The molecule has 10 heteroatoms. The summed E-state index contributed by atoms with van der Waals surface area (Å²) in [6, 6.07) is 16.2. The fourth-order valence-corrected chi connectivity index (χ4v) is 6.62. The Balaban J connectivity index is 1.73. The minimum atomic E-state index is -4.23. The molecule has 0 aromatic heterocycles. The number of hydrogen-bond donors (Lipinski definition) is 1. The van der Waals surface area contributed by atoms with Gasteiger partial charge in [0.1, 0.15) is 18.4 Å². The average molecular weight is 600 g/mol. The number of rotatable bonds is 10. The van der Waals surface area contributed by atoms with E-state index in [0.29, 0.717) is 10.6 Å². The summed E-state index contributed by atoms with van der Waals surface area (Å²) in [7, 11) is -4.23. The second-order valence-electron chi connectivity index (χ2n) is 10.5. The van der Waals surface area contributed by atoms with E-state index in [-0.39, 0.29) is 34.6 Å². The van der Waals surface area contributed by atoms with Crippen LogP contribution in [0.3, 0.4) is 0 Å². The van der Waals surface area contributed by atoms with Crippen molar-refractivity contribution in [1.29, 1.82) is 0 Å². The zero-order chi connectivity index (χ0) is 29.7. The van der Waals surface area contributed by atoms with Crippen molar-refractivity contribution in [2.24, 2.45) is 0 Å². The molecule has 1 N–H and O–H groups in total. The van der Waals surface area contributed by atoms with E-state index in [2.05, 4.69) is 5.32 Å². The van der Waals surface area contributed by atoms with Gasteiger partial charge in [0.05, 0.1) is 10.6 Å². The zero-order valence-corrected chi connectivity index (χ0v) is 25.0. The van der Waals surface area contributed by atoms with Gasteiger partial charge in [-0.05, 0) is 69.5 Å². The van der Waals surface area contributed by atoms with Crippen LogP contribution in [0, 0.1) is 19.7 Å². The lowest BCUT2D eigenvalue weighted by atomic mass is 10.1. The maximum Gasteiger partial charge on any atom is 0.264 e. The van der Waals surface area contributed by atoms with Crippen LogP contribution in [0.1, 0.15) is 49.3 Å². The predicted molar refractivity (Wildman–Crippen MR) is 159 cm³/mol. The Hall–Kier alpha value is -3.43. The molecule has 41 heavy (non-hydrogen) atoms. The maximum absolute atomic E-state index is 14.7. The molecule has 0 spiro atoms. The van der Waals surface area contributed by atoms with Crippen LogP contribution in [0.2, 0.25) is 5.02 Å². The lowest BCUT2D eigenvalue weighted by Gasteiger charge is -2.33. The van der Waals surface area contributed by atoms with Crippen molar-refractivity contribution in [3.05, 3.63) is 94.3 Å². The molecule has 0 bridgehead atoms. The number of aryl methyl sites for hydroxylation is 2. The topological polar surface area (TPSA) is 86.8 Å². The maximum atomic E-state index is 14.7. The average Bonchev–Trinajstić information content (AvgIpc) is 3.45. The number of carbonyl (C=O) groups excluding carboxylic acids is 2. The van der Waals surface area contributed by atoms with Gasteiger partial charge in [-0.2, -0.15) is 0 Å². The molecule has 1 fully saturated rings. The molecule has 0 unspecified atom stereocenters. The molecule has 1 aliphatic carbocycles. The SMILES string of the molecule is Cc1ccc(S(=O)(=O)N(CC(=O)N(Cc2ccccc2F)[C@@H](C)C(=O)NC2CCCC2)c2cc(Cl)ccc2C)cc1. The van der Waals surface area contributed by atoms with Crippen LogP contribution >= 0.6 is 11.6 Å². The third-order valence-corrected chi connectivity index (χ3v) is 9.50. The molecule has 3 aromatic carbocycles. The second-order valence-corrected chi connectivity index (χ2v) is 12.8. The molecule has 218 valence electrons. The summed E-state index contributed by atoms with van der Waals surface area (Å²) in [5, 5.41) is 3.30. The number of nitrogens with one attached hydrogen (secondary N) is 1. The van der Waals surface area contributed by atoms with Crippen molar-refractivity contribution in [2.75, 3.05) is 10.8 Å². The molecule has 3 aromatic rings. The smallest absolute Gasteiger partial charge is 0.264 e. The van der Waals surface area contributed by atoms with Crippen LogP contribution in [-0.4, -0.2) is 43.8 Å². The summed E-state index contributed by atoms with van der Waals surface area (Å²) in [6.45, 7) is 4.32. The largest absolute Gasteiger partial charge is 0.352 e. The van der Waals surface area contributed by atoms with E-state index in [1.807, 2.05) is 6.92 Å². The van der Waals surface area contributed by atoms with Crippen LogP contribution in [0.5, 0.6) is 0 Å². The molecule has 1 aliphatic rings. The number of nitrogens with zero attached hydrogens (tertiary/aromatic N) is 2. The van der Waals surface area contributed by atoms with Gasteiger partial charge in [-0.15, -0.1) is 0 Å². The summed E-state index contributed by atoms with van der Waals surface area (Å²) < 4.78 is 43.7. The van der Waals surface area contributed by atoms with Crippen LogP contribution in [0.25, 0.3) is 0 Å². The number of anilines is 1. The standard InChI is InChI=1S/C31H35ClFN3O4S/c1-21-12-16-27(17-13-21)41(39,40)36(29-18-25(32)15-14-22(29)2)20-30(37)35(19-24-8-4-7-11-28(24)33)23(3)31(38)34-26-9-5-6-10-26/h4,7-8,11-18,23,26H,5-6,9-10,19-20H2,1-3H3,(H,34,38)/t23-/m0/s1. The number of carbonyl (C=O) groups is 2. The molecule has 4 rings (SSSR count). The fourth-order valence-electron chi connectivity index (χ4n) is 4.99. The van der Waals surface area contributed by atoms with Gasteiger partial charge in [0.15, 0.2) is 0 Å². The van der Waals surface area contributed by atoms with Gasteiger partial charge in [-0.3, -0.25) is 13.9 Å². The molecule has 7 nitrogen and oxygen atoms in total. The number of amides is 2. The lowest BCUT2D eigenvalue weighted by molar-refractivity contribution is -0.139. The number of benzene rings is 3. The van der Waals surface area contributed by atoms with Gasteiger partial charge in [-0.25, -0.2) is 12.8 Å². The summed E-state index contributed by atoms with van der Waals surface area (Å²) in [5.74, 6) is -1.55. The first-order valence-electron chi connectivity index (χ1n) is 13.7. The third kappa shape index (κ3) is 7.26.